The molecule has 0 radical (unpaired) electrons. The summed E-state index contributed by atoms with van der Waals surface area (Å²) in [5.74, 6) is 1.05. The monoisotopic (exact) mass is 351 g/mol. The third-order valence-corrected chi connectivity index (χ3v) is 3.80. The molecule has 8 nitrogen and oxygen atoms in total. The fourth-order valence-corrected chi connectivity index (χ4v) is 2.46. The topological polar surface area (TPSA) is 110 Å². The minimum absolute atomic E-state index is 0.435. The van der Waals surface area contributed by atoms with Crippen LogP contribution < -0.4 is 16.4 Å². The van der Waals surface area contributed by atoms with Crippen LogP contribution in [0.2, 0.25) is 0 Å². The van der Waals surface area contributed by atoms with Crippen molar-refractivity contribution in [2.75, 3.05) is 6.54 Å². The molecule has 1 amide bonds. The minimum Gasteiger partial charge on any atom is -0.366 e. The van der Waals surface area contributed by atoms with Gasteiger partial charge in [-0.05, 0) is 36.8 Å². The first-order valence-electron chi connectivity index (χ1n) is 8.37. The van der Waals surface area contributed by atoms with Gasteiger partial charge >= 0.3 is 0 Å². The number of fused-ring (bicyclic) bond motifs is 1. The Balaban J connectivity index is 1.66. The highest BCUT2D eigenvalue weighted by Gasteiger charge is 2.06. The van der Waals surface area contributed by atoms with Crippen LogP contribution in [-0.2, 0) is 13.1 Å². The Kier molecular flexibility index (Phi) is 5.43. The zero-order chi connectivity index (χ0) is 18.4. The van der Waals surface area contributed by atoms with Crippen LogP contribution in [0.1, 0.15) is 28.7 Å². The van der Waals surface area contributed by atoms with Crippen LogP contribution >= 0.6 is 0 Å². The molecule has 0 atom stereocenters. The number of carbonyl (C=O) groups excluding carboxylic acids is 1. The van der Waals surface area contributed by atoms with Crippen LogP contribution in [0.4, 0.5) is 0 Å². The van der Waals surface area contributed by atoms with E-state index in [1.165, 1.54) is 0 Å². The summed E-state index contributed by atoms with van der Waals surface area (Å²) in [5, 5.41) is 14.8. The van der Waals surface area contributed by atoms with Crippen molar-refractivity contribution in [1.82, 2.24) is 25.2 Å². The number of nitrogens with zero attached hydrogens (tertiary/aromatic N) is 4. The summed E-state index contributed by atoms with van der Waals surface area (Å²) in [6.45, 7) is 3.73. The normalized spacial score (nSPS) is 11.5. The van der Waals surface area contributed by atoms with Crippen molar-refractivity contribution in [2.45, 2.75) is 20.0 Å². The van der Waals surface area contributed by atoms with E-state index in [1.807, 2.05) is 47.9 Å². The number of aliphatic imine (C=N–C) groups is 1. The number of rotatable bonds is 6. The second kappa shape index (κ2) is 8.11. The number of benzene rings is 1. The Hall–Kier alpha value is -3.42. The number of pyridine rings is 1. The zero-order valence-corrected chi connectivity index (χ0v) is 14.5. The molecule has 3 rings (SSSR count). The fraction of sp³-hybridized carbons (Fsp3) is 0.222. The number of nitrogens with two attached hydrogens (primary N) is 1. The molecule has 8 heteroatoms. The van der Waals surface area contributed by atoms with Crippen LogP contribution in [0.3, 0.4) is 0 Å². The van der Waals surface area contributed by atoms with E-state index < -0.39 is 5.91 Å². The summed E-state index contributed by atoms with van der Waals surface area (Å²) in [4.78, 5) is 15.7. The molecule has 0 saturated carbocycles. The standard InChI is InChI=1S/C18H21N7O/c1-2-20-18(21-11-13-6-8-14(9-7-13)17(19)26)22-12-16-24-23-15-5-3-4-10-25(15)16/h3-10H,2,11-12H2,1H3,(H2,19,26)(H2,20,21,22). The maximum atomic E-state index is 11.1. The molecule has 0 fully saturated rings. The van der Waals surface area contributed by atoms with Gasteiger partial charge in [0.2, 0.25) is 5.91 Å². The van der Waals surface area contributed by atoms with Crippen LogP contribution in [0.25, 0.3) is 5.65 Å². The molecular weight excluding hydrogens is 330 g/mol. The number of aromatic nitrogens is 3. The number of primary amides is 1. The van der Waals surface area contributed by atoms with Crippen molar-refractivity contribution in [3.63, 3.8) is 0 Å². The predicted octanol–water partition coefficient (Wildman–Crippen LogP) is 1.08. The molecule has 4 N–H and O–H groups in total. The van der Waals surface area contributed by atoms with E-state index in [2.05, 4.69) is 25.8 Å². The van der Waals surface area contributed by atoms with E-state index in [9.17, 15) is 4.79 Å². The van der Waals surface area contributed by atoms with Crippen molar-refractivity contribution >= 4 is 17.5 Å². The smallest absolute Gasteiger partial charge is 0.248 e. The van der Waals surface area contributed by atoms with Crippen molar-refractivity contribution in [3.05, 3.63) is 65.6 Å². The lowest BCUT2D eigenvalue weighted by Crippen LogP contribution is -2.37. The van der Waals surface area contributed by atoms with Gasteiger partial charge in [-0.2, -0.15) is 0 Å². The molecule has 0 bridgehead atoms. The number of hydrogen-bond donors (Lipinski definition) is 3. The largest absolute Gasteiger partial charge is 0.366 e. The van der Waals surface area contributed by atoms with Crippen LogP contribution in [0, 0.1) is 0 Å². The molecule has 0 saturated heterocycles. The second-order valence-electron chi connectivity index (χ2n) is 5.65. The number of carbonyl (C=O) groups is 1. The Morgan fingerprint density at radius 2 is 1.96 bits per heavy atom. The fourth-order valence-electron chi connectivity index (χ4n) is 2.46. The Morgan fingerprint density at radius 3 is 2.69 bits per heavy atom. The lowest BCUT2D eigenvalue weighted by molar-refractivity contribution is 0.100. The van der Waals surface area contributed by atoms with Gasteiger partial charge in [0.05, 0.1) is 13.1 Å². The van der Waals surface area contributed by atoms with Gasteiger partial charge in [-0.15, -0.1) is 10.2 Å². The number of hydrogen-bond acceptors (Lipinski definition) is 4. The van der Waals surface area contributed by atoms with Crippen molar-refractivity contribution in [3.8, 4) is 0 Å². The van der Waals surface area contributed by atoms with Gasteiger partial charge in [0.1, 0.15) is 0 Å². The van der Waals surface area contributed by atoms with Gasteiger partial charge in [-0.3, -0.25) is 9.20 Å². The maximum Gasteiger partial charge on any atom is 0.248 e. The SMILES string of the molecule is CCNC(=NCc1ccc(C(N)=O)cc1)NCc1nnc2ccccn12. The van der Waals surface area contributed by atoms with Crippen molar-refractivity contribution < 1.29 is 4.79 Å². The first-order chi connectivity index (χ1) is 12.7. The zero-order valence-electron chi connectivity index (χ0n) is 14.5. The second-order valence-corrected chi connectivity index (χ2v) is 5.65. The average Bonchev–Trinajstić information content (AvgIpc) is 3.07. The lowest BCUT2D eigenvalue weighted by Gasteiger charge is -2.10. The molecule has 0 aliphatic carbocycles. The first-order valence-corrected chi connectivity index (χ1v) is 8.37. The van der Waals surface area contributed by atoms with Crippen molar-refractivity contribution in [1.29, 1.82) is 0 Å². The lowest BCUT2D eigenvalue weighted by atomic mass is 10.1. The Bertz CT molecular complexity index is 915. The summed E-state index contributed by atoms with van der Waals surface area (Å²) in [7, 11) is 0. The van der Waals surface area contributed by atoms with Crippen LogP contribution in [-0.4, -0.2) is 33.0 Å². The molecule has 0 spiro atoms. The van der Waals surface area contributed by atoms with Crippen LogP contribution in [0.15, 0.2) is 53.7 Å². The first kappa shape index (κ1) is 17.4. The highest BCUT2D eigenvalue weighted by Crippen LogP contribution is 2.05. The highest BCUT2D eigenvalue weighted by atomic mass is 16.1. The maximum absolute atomic E-state index is 11.1. The van der Waals surface area contributed by atoms with Crippen LogP contribution in [0.5, 0.6) is 0 Å². The molecule has 0 aliphatic rings. The summed E-state index contributed by atoms with van der Waals surface area (Å²) in [5.41, 5.74) is 7.53. The summed E-state index contributed by atoms with van der Waals surface area (Å²) in [6, 6.07) is 12.9. The molecule has 134 valence electrons. The molecule has 3 aromatic rings. The number of guanidine groups is 1. The molecular formula is C18H21N7O. The van der Waals surface area contributed by atoms with Gasteiger partial charge in [-0.1, -0.05) is 18.2 Å². The van der Waals surface area contributed by atoms with Gasteiger partial charge < -0.3 is 16.4 Å². The van der Waals surface area contributed by atoms with E-state index in [0.717, 1.165) is 23.6 Å². The van der Waals surface area contributed by atoms with E-state index in [1.54, 1.807) is 12.1 Å². The number of nitrogens with one attached hydrogen (secondary N) is 2. The van der Waals surface area contributed by atoms with Gasteiger partial charge in [-0.25, -0.2) is 4.99 Å². The Labute approximate surface area is 151 Å². The molecule has 0 aliphatic heterocycles. The van der Waals surface area contributed by atoms with E-state index >= 15 is 0 Å². The molecule has 2 heterocycles. The summed E-state index contributed by atoms with van der Waals surface area (Å²) >= 11 is 0. The third-order valence-electron chi connectivity index (χ3n) is 3.80. The molecule has 1 aromatic carbocycles. The quantitative estimate of drug-likeness (QED) is 0.455. The molecule has 2 aromatic heterocycles. The molecule has 0 unspecified atom stereocenters. The third kappa shape index (κ3) is 4.15. The average molecular weight is 351 g/mol. The van der Waals surface area contributed by atoms with Crippen molar-refractivity contribution in [2.24, 2.45) is 10.7 Å². The van der Waals surface area contributed by atoms with Gasteiger partial charge in [0.25, 0.3) is 0 Å². The molecule has 26 heavy (non-hydrogen) atoms. The summed E-state index contributed by atoms with van der Waals surface area (Å²) in [6.07, 6.45) is 1.93. The summed E-state index contributed by atoms with van der Waals surface area (Å²) < 4.78 is 1.93. The van der Waals surface area contributed by atoms with Gasteiger partial charge in [0, 0.05) is 18.3 Å². The highest BCUT2D eigenvalue weighted by molar-refractivity contribution is 5.92. The van der Waals surface area contributed by atoms with E-state index in [0.29, 0.717) is 24.6 Å². The van der Waals surface area contributed by atoms with Gasteiger partial charge in [0.15, 0.2) is 17.4 Å². The minimum atomic E-state index is -0.435. The Morgan fingerprint density at radius 1 is 1.15 bits per heavy atom. The predicted molar refractivity (Wildman–Crippen MR) is 99.6 cm³/mol. The van der Waals surface area contributed by atoms with E-state index in [-0.39, 0.29) is 0 Å². The van der Waals surface area contributed by atoms with E-state index in [4.69, 9.17) is 5.73 Å². The number of amides is 1.